The molecule has 154 valence electrons. The number of urea groups is 1. The van der Waals surface area contributed by atoms with Crippen molar-refractivity contribution in [3.05, 3.63) is 23.8 Å². The number of rotatable bonds is 8. The Balaban J connectivity index is 2.12. The van der Waals surface area contributed by atoms with Crippen LogP contribution in [0.4, 0.5) is 16.2 Å². The molecule has 1 aromatic rings. The molecule has 1 aliphatic rings. The highest BCUT2D eigenvalue weighted by Crippen LogP contribution is 2.27. The van der Waals surface area contributed by atoms with Gasteiger partial charge in [0.2, 0.25) is 0 Å². The van der Waals surface area contributed by atoms with Gasteiger partial charge in [-0.05, 0) is 51.3 Å². The second kappa shape index (κ2) is 10.5. The van der Waals surface area contributed by atoms with Gasteiger partial charge in [-0.15, -0.1) is 0 Å². The molecule has 3 amide bonds. The summed E-state index contributed by atoms with van der Waals surface area (Å²) in [7, 11) is 0. The van der Waals surface area contributed by atoms with Gasteiger partial charge in [0, 0.05) is 30.5 Å². The van der Waals surface area contributed by atoms with Crippen molar-refractivity contribution < 1.29 is 19.1 Å². The van der Waals surface area contributed by atoms with E-state index in [0.717, 1.165) is 38.0 Å². The zero-order chi connectivity index (χ0) is 20.5. The number of esters is 1. The number of hydrogen-bond donors (Lipinski definition) is 3. The second-order valence-electron chi connectivity index (χ2n) is 6.82. The number of carbonyl (C=O) groups is 3. The van der Waals surface area contributed by atoms with Crippen LogP contribution in [-0.4, -0.2) is 50.2 Å². The normalized spacial score (nSPS) is 14.3. The molecule has 1 atom stereocenters. The number of hydrogen-bond acceptors (Lipinski definition) is 5. The van der Waals surface area contributed by atoms with Crippen LogP contribution in [0.15, 0.2) is 18.2 Å². The van der Waals surface area contributed by atoms with Crippen LogP contribution in [-0.2, 0) is 9.53 Å². The van der Waals surface area contributed by atoms with Crippen LogP contribution < -0.4 is 20.9 Å². The van der Waals surface area contributed by atoms with Gasteiger partial charge in [-0.3, -0.25) is 9.59 Å². The molecule has 0 aliphatic carbocycles. The van der Waals surface area contributed by atoms with Crippen molar-refractivity contribution in [2.45, 2.75) is 46.1 Å². The maximum Gasteiger partial charge on any atom is 0.325 e. The van der Waals surface area contributed by atoms with Gasteiger partial charge in [0.05, 0.1) is 12.2 Å². The molecular formula is C20H30N4O4. The summed E-state index contributed by atoms with van der Waals surface area (Å²) in [6, 6.07) is 4.82. The maximum atomic E-state index is 12.8. The van der Waals surface area contributed by atoms with Crippen molar-refractivity contribution in [3.8, 4) is 0 Å². The van der Waals surface area contributed by atoms with Crippen molar-refractivity contribution in [2.24, 2.45) is 0 Å². The summed E-state index contributed by atoms with van der Waals surface area (Å²) in [4.78, 5) is 38.3. The predicted octanol–water partition coefficient (Wildman–Crippen LogP) is 2.50. The Hall–Kier alpha value is -2.77. The molecule has 3 N–H and O–H groups in total. The minimum Gasteiger partial charge on any atom is -0.465 e. The summed E-state index contributed by atoms with van der Waals surface area (Å²) in [5, 5.41) is 8.09. The van der Waals surface area contributed by atoms with Gasteiger partial charge in [-0.2, -0.15) is 0 Å². The molecule has 1 aliphatic heterocycles. The first kappa shape index (κ1) is 21.5. The largest absolute Gasteiger partial charge is 0.465 e. The summed E-state index contributed by atoms with van der Waals surface area (Å²) in [5.41, 5.74) is 1.89. The van der Waals surface area contributed by atoms with Crippen LogP contribution in [0.5, 0.6) is 0 Å². The van der Waals surface area contributed by atoms with E-state index in [1.165, 1.54) is 0 Å². The van der Waals surface area contributed by atoms with E-state index in [1.54, 1.807) is 19.1 Å². The van der Waals surface area contributed by atoms with Crippen molar-refractivity contribution in [1.29, 1.82) is 0 Å². The third-order valence-corrected chi connectivity index (χ3v) is 4.63. The lowest BCUT2D eigenvalue weighted by atomic mass is 10.1. The van der Waals surface area contributed by atoms with Crippen LogP contribution in [0, 0.1) is 0 Å². The van der Waals surface area contributed by atoms with Crippen LogP contribution >= 0.6 is 0 Å². The highest BCUT2D eigenvalue weighted by Gasteiger charge is 2.21. The predicted molar refractivity (Wildman–Crippen MR) is 109 cm³/mol. The molecule has 1 saturated heterocycles. The quantitative estimate of drug-likeness (QED) is 0.592. The summed E-state index contributed by atoms with van der Waals surface area (Å²) >= 11 is 0. The lowest BCUT2D eigenvalue weighted by molar-refractivity contribution is -0.141. The monoisotopic (exact) mass is 390 g/mol. The molecule has 28 heavy (non-hydrogen) atoms. The number of carbonyl (C=O) groups excluding carboxylic acids is 3. The smallest absolute Gasteiger partial charge is 0.325 e. The zero-order valence-corrected chi connectivity index (χ0v) is 16.8. The topological polar surface area (TPSA) is 99.8 Å². The minimum atomic E-state index is -0.532. The fourth-order valence-electron chi connectivity index (χ4n) is 2.97. The van der Waals surface area contributed by atoms with E-state index in [9.17, 15) is 14.4 Å². The van der Waals surface area contributed by atoms with Crippen LogP contribution in [0.1, 0.15) is 50.4 Å². The lowest BCUT2D eigenvalue weighted by Gasteiger charge is -2.23. The molecule has 0 saturated carbocycles. The van der Waals surface area contributed by atoms with E-state index in [2.05, 4.69) is 20.9 Å². The Morgan fingerprint density at radius 2 is 1.89 bits per heavy atom. The molecule has 1 heterocycles. The number of nitrogens with zero attached hydrogens (tertiary/aromatic N) is 1. The molecule has 1 aromatic carbocycles. The highest BCUT2D eigenvalue weighted by molar-refractivity contribution is 6.02. The van der Waals surface area contributed by atoms with Gasteiger partial charge in [0.1, 0.15) is 6.54 Å². The van der Waals surface area contributed by atoms with E-state index < -0.39 is 12.0 Å². The molecule has 1 fully saturated rings. The van der Waals surface area contributed by atoms with Gasteiger partial charge < -0.3 is 25.6 Å². The number of anilines is 2. The van der Waals surface area contributed by atoms with Crippen molar-refractivity contribution in [1.82, 2.24) is 10.6 Å². The van der Waals surface area contributed by atoms with E-state index in [-0.39, 0.29) is 25.1 Å². The summed E-state index contributed by atoms with van der Waals surface area (Å²) < 4.78 is 4.77. The fraction of sp³-hybridized carbons (Fsp3) is 0.550. The van der Waals surface area contributed by atoms with Gasteiger partial charge in [0.25, 0.3) is 5.91 Å². The summed E-state index contributed by atoms with van der Waals surface area (Å²) in [6.07, 6.45) is 3.03. The Kier molecular flexibility index (Phi) is 8.10. The fourth-order valence-corrected chi connectivity index (χ4v) is 2.97. The maximum absolute atomic E-state index is 12.8. The number of ether oxygens (including phenoxy) is 1. The van der Waals surface area contributed by atoms with E-state index in [0.29, 0.717) is 11.3 Å². The average molecular weight is 390 g/mol. The van der Waals surface area contributed by atoms with Crippen molar-refractivity contribution in [2.75, 3.05) is 36.5 Å². The van der Waals surface area contributed by atoms with E-state index in [1.807, 2.05) is 19.9 Å². The first-order valence-corrected chi connectivity index (χ1v) is 9.84. The van der Waals surface area contributed by atoms with Crippen molar-refractivity contribution in [3.63, 3.8) is 0 Å². The molecular weight excluding hydrogens is 360 g/mol. The standard InChI is InChI=1S/C20H30N4O4/c1-4-14(3)22-19(26)16-12-15(8-9-17(16)24-10-6-7-11-24)23-20(27)21-13-18(25)28-5-2/h8-9,12,14H,4-7,10-11,13H2,1-3H3,(H,22,26)(H2,21,23,27). The average Bonchev–Trinajstić information content (AvgIpc) is 3.21. The van der Waals surface area contributed by atoms with Crippen LogP contribution in [0.3, 0.4) is 0 Å². The molecule has 0 spiro atoms. The molecule has 0 radical (unpaired) electrons. The SMILES string of the molecule is CCOC(=O)CNC(=O)Nc1ccc(N2CCCC2)c(C(=O)NC(C)CC)c1. The second-order valence-corrected chi connectivity index (χ2v) is 6.82. The molecule has 2 rings (SSSR count). The van der Waals surface area contributed by atoms with Crippen LogP contribution in [0.2, 0.25) is 0 Å². The lowest BCUT2D eigenvalue weighted by Crippen LogP contribution is -2.35. The number of benzene rings is 1. The molecule has 8 heteroatoms. The minimum absolute atomic E-state index is 0.0587. The molecule has 0 bridgehead atoms. The van der Waals surface area contributed by atoms with E-state index in [4.69, 9.17) is 4.74 Å². The Morgan fingerprint density at radius 1 is 1.18 bits per heavy atom. The molecule has 1 unspecified atom stereocenters. The highest BCUT2D eigenvalue weighted by atomic mass is 16.5. The third-order valence-electron chi connectivity index (χ3n) is 4.63. The molecule has 8 nitrogen and oxygen atoms in total. The Morgan fingerprint density at radius 3 is 2.54 bits per heavy atom. The third kappa shape index (κ3) is 6.14. The summed E-state index contributed by atoms with van der Waals surface area (Å²) in [6.45, 7) is 7.54. The van der Waals surface area contributed by atoms with Gasteiger partial charge in [0.15, 0.2) is 0 Å². The van der Waals surface area contributed by atoms with Gasteiger partial charge >= 0.3 is 12.0 Å². The van der Waals surface area contributed by atoms with Crippen molar-refractivity contribution >= 4 is 29.3 Å². The summed E-state index contributed by atoms with van der Waals surface area (Å²) in [5.74, 6) is -0.664. The first-order valence-electron chi connectivity index (χ1n) is 9.84. The molecule has 0 aromatic heterocycles. The Labute approximate surface area is 166 Å². The first-order chi connectivity index (χ1) is 13.4. The zero-order valence-electron chi connectivity index (χ0n) is 16.8. The van der Waals surface area contributed by atoms with Gasteiger partial charge in [-0.25, -0.2) is 4.79 Å². The van der Waals surface area contributed by atoms with Crippen LogP contribution in [0.25, 0.3) is 0 Å². The number of amides is 3. The van der Waals surface area contributed by atoms with Gasteiger partial charge in [-0.1, -0.05) is 6.92 Å². The number of nitrogens with one attached hydrogen (secondary N) is 3. The Bertz CT molecular complexity index is 701. The van der Waals surface area contributed by atoms with E-state index >= 15 is 0 Å².